The zero-order chi connectivity index (χ0) is 12.1. The van der Waals surface area contributed by atoms with Gasteiger partial charge >= 0.3 is 0 Å². The first kappa shape index (κ1) is 13.9. The molecule has 0 aliphatic rings. The minimum atomic E-state index is -0.344. The van der Waals surface area contributed by atoms with E-state index < -0.39 is 0 Å². The van der Waals surface area contributed by atoms with Crippen molar-refractivity contribution < 1.29 is 14.3 Å². The smallest absolute Gasteiger partial charge is 0.248 e. The number of likely N-dealkylation sites (N-methyl/N-ethyl adjacent to an activating group) is 2. The summed E-state index contributed by atoms with van der Waals surface area (Å²) in [6, 6.07) is 0. The lowest BCUT2D eigenvalue weighted by molar-refractivity contribution is -0.142. The highest BCUT2D eigenvalue weighted by Crippen LogP contribution is 2.06. The number of amides is 2. The van der Waals surface area contributed by atoms with E-state index in [1.807, 2.05) is 20.8 Å². The van der Waals surface area contributed by atoms with E-state index in [9.17, 15) is 9.59 Å². The second kappa shape index (κ2) is 5.70. The van der Waals surface area contributed by atoms with Gasteiger partial charge in [-0.05, 0) is 20.8 Å². The Labute approximate surface area is 90.8 Å². The molecule has 0 saturated carbocycles. The van der Waals surface area contributed by atoms with Gasteiger partial charge in [0, 0.05) is 14.1 Å². The van der Waals surface area contributed by atoms with Gasteiger partial charge in [-0.25, -0.2) is 0 Å². The molecule has 0 unspecified atom stereocenters. The van der Waals surface area contributed by atoms with E-state index in [2.05, 4.69) is 5.32 Å². The first-order valence-corrected chi connectivity index (χ1v) is 4.85. The maximum Gasteiger partial charge on any atom is 0.248 e. The van der Waals surface area contributed by atoms with Crippen molar-refractivity contribution in [1.29, 1.82) is 0 Å². The Hall–Kier alpha value is -1.10. The Morgan fingerprint density at radius 1 is 1.33 bits per heavy atom. The molecule has 0 aromatic rings. The second-order valence-corrected chi connectivity index (χ2v) is 4.32. The fourth-order valence-electron chi connectivity index (χ4n) is 0.771. The summed E-state index contributed by atoms with van der Waals surface area (Å²) in [5.74, 6) is -0.393. The zero-order valence-electron chi connectivity index (χ0n) is 10.1. The van der Waals surface area contributed by atoms with E-state index in [1.165, 1.54) is 11.9 Å². The summed E-state index contributed by atoms with van der Waals surface area (Å²) in [7, 11) is 3.11. The average molecular weight is 216 g/mol. The summed E-state index contributed by atoms with van der Waals surface area (Å²) in [5, 5.41) is 2.45. The van der Waals surface area contributed by atoms with Crippen LogP contribution in [0.4, 0.5) is 0 Å². The SMILES string of the molecule is CNC(=O)CN(C)C(=O)COC(C)(C)C. The molecule has 0 fully saturated rings. The molecule has 0 bridgehead atoms. The standard InChI is InChI=1S/C10H20N2O3/c1-10(2,3)15-7-9(14)12(5)6-8(13)11-4/h6-7H2,1-5H3,(H,11,13). The normalized spacial score (nSPS) is 11.0. The van der Waals surface area contributed by atoms with Gasteiger partial charge in [0.25, 0.3) is 0 Å². The van der Waals surface area contributed by atoms with Crippen LogP contribution >= 0.6 is 0 Å². The van der Waals surface area contributed by atoms with E-state index in [1.54, 1.807) is 7.05 Å². The topological polar surface area (TPSA) is 58.6 Å². The van der Waals surface area contributed by atoms with Crippen molar-refractivity contribution in [2.45, 2.75) is 26.4 Å². The molecule has 15 heavy (non-hydrogen) atoms. The molecule has 0 radical (unpaired) electrons. The van der Waals surface area contributed by atoms with E-state index in [0.29, 0.717) is 0 Å². The number of nitrogens with zero attached hydrogens (tertiary/aromatic N) is 1. The van der Waals surface area contributed by atoms with Gasteiger partial charge < -0.3 is 15.0 Å². The van der Waals surface area contributed by atoms with Crippen LogP contribution in [0.15, 0.2) is 0 Å². The molecule has 0 aromatic carbocycles. The van der Waals surface area contributed by atoms with E-state index in [-0.39, 0.29) is 30.6 Å². The molecule has 88 valence electrons. The van der Waals surface area contributed by atoms with Crippen molar-refractivity contribution in [2.75, 3.05) is 27.2 Å². The van der Waals surface area contributed by atoms with Crippen molar-refractivity contribution in [1.82, 2.24) is 10.2 Å². The molecule has 0 saturated heterocycles. The minimum absolute atomic E-state index is 0.00298. The van der Waals surface area contributed by atoms with Gasteiger partial charge in [-0.2, -0.15) is 0 Å². The fraction of sp³-hybridized carbons (Fsp3) is 0.800. The first-order valence-electron chi connectivity index (χ1n) is 4.85. The highest BCUT2D eigenvalue weighted by atomic mass is 16.5. The molecule has 0 aliphatic carbocycles. The molecule has 0 spiro atoms. The quantitative estimate of drug-likeness (QED) is 0.720. The monoisotopic (exact) mass is 216 g/mol. The number of ether oxygens (including phenoxy) is 1. The van der Waals surface area contributed by atoms with Crippen molar-refractivity contribution >= 4 is 11.8 Å². The van der Waals surface area contributed by atoms with Gasteiger partial charge in [-0.1, -0.05) is 0 Å². The first-order chi connectivity index (χ1) is 6.76. The lowest BCUT2D eigenvalue weighted by atomic mass is 10.2. The zero-order valence-corrected chi connectivity index (χ0v) is 10.1. The maximum absolute atomic E-state index is 11.5. The van der Waals surface area contributed by atoms with Gasteiger partial charge in [0.1, 0.15) is 6.61 Å². The summed E-state index contributed by atoms with van der Waals surface area (Å²) in [4.78, 5) is 23.8. The third-order valence-corrected chi connectivity index (χ3v) is 1.71. The Bertz CT molecular complexity index is 233. The summed E-state index contributed by atoms with van der Waals surface area (Å²) in [6.07, 6.45) is 0. The molecule has 0 aromatic heterocycles. The number of hydrogen-bond donors (Lipinski definition) is 1. The number of rotatable bonds is 4. The van der Waals surface area contributed by atoms with Crippen LogP contribution in [0.1, 0.15) is 20.8 Å². The van der Waals surface area contributed by atoms with Crippen LogP contribution in [-0.2, 0) is 14.3 Å². The van der Waals surface area contributed by atoms with Crippen molar-refractivity contribution in [2.24, 2.45) is 0 Å². The number of nitrogens with one attached hydrogen (secondary N) is 1. The van der Waals surface area contributed by atoms with Crippen LogP contribution in [0, 0.1) is 0 Å². The molecular formula is C10H20N2O3. The van der Waals surface area contributed by atoms with E-state index >= 15 is 0 Å². The second-order valence-electron chi connectivity index (χ2n) is 4.32. The predicted molar refractivity (Wildman–Crippen MR) is 57.4 cm³/mol. The van der Waals surface area contributed by atoms with Crippen molar-refractivity contribution in [3.8, 4) is 0 Å². The van der Waals surface area contributed by atoms with Crippen LogP contribution < -0.4 is 5.32 Å². The molecule has 1 N–H and O–H groups in total. The highest BCUT2D eigenvalue weighted by Gasteiger charge is 2.16. The van der Waals surface area contributed by atoms with Crippen molar-refractivity contribution in [3.05, 3.63) is 0 Å². The van der Waals surface area contributed by atoms with Gasteiger partial charge in [0.2, 0.25) is 11.8 Å². The third kappa shape index (κ3) is 6.90. The van der Waals surface area contributed by atoms with Gasteiger partial charge in [0.15, 0.2) is 0 Å². The molecular weight excluding hydrogens is 196 g/mol. The number of carbonyl (C=O) groups excluding carboxylic acids is 2. The molecule has 5 heteroatoms. The Balaban J connectivity index is 3.95. The molecule has 0 rings (SSSR count). The van der Waals surface area contributed by atoms with E-state index in [4.69, 9.17) is 4.74 Å². The Morgan fingerprint density at radius 3 is 2.27 bits per heavy atom. The van der Waals surface area contributed by atoms with Crippen LogP contribution in [0.2, 0.25) is 0 Å². The van der Waals surface area contributed by atoms with E-state index in [0.717, 1.165) is 0 Å². The van der Waals surface area contributed by atoms with Gasteiger partial charge in [-0.3, -0.25) is 9.59 Å². The summed E-state index contributed by atoms with van der Waals surface area (Å²) in [5.41, 5.74) is -0.344. The highest BCUT2D eigenvalue weighted by molar-refractivity contribution is 5.84. The molecule has 2 amide bonds. The molecule has 0 heterocycles. The number of hydrogen-bond acceptors (Lipinski definition) is 3. The molecule has 0 aliphatic heterocycles. The summed E-state index contributed by atoms with van der Waals surface area (Å²) >= 11 is 0. The Kier molecular flexibility index (Phi) is 5.28. The lowest BCUT2D eigenvalue weighted by Gasteiger charge is -2.22. The van der Waals surface area contributed by atoms with Crippen LogP contribution in [0.25, 0.3) is 0 Å². The largest absolute Gasteiger partial charge is 0.366 e. The van der Waals surface area contributed by atoms with Gasteiger partial charge in [-0.15, -0.1) is 0 Å². The van der Waals surface area contributed by atoms with Gasteiger partial charge in [0.05, 0.1) is 12.1 Å². The summed E-state index contributed by atoms with van der Waals surface area (Å²) < 4.78 is 5.30. The Morgan fingerprint density at radius 2 is 1.87 bits per heavy atom. The minimum Gasteiger partial charge on any atom is -0.366 e. The van der Waals surface area contributed by atoms with Crippen LogP contribution in [0.5, 0.6) is 0 Å². The summed E-state index contributed by atoms with van der Waals surface area (Å²) in [6.45, 7) is 5.68. The van der Waals surface area contributed by atoms with Crippen LogP contribution in [0.3, 0.4) is 0 Å². The molecule has 5 nitrogen and oxygen atoms in total. The van der Waals surface area contributed by atoms with Crippen molar-refractivity contribution in [3.63, 3.8) is 0 Å². The third-order valence-electron chi connectivity index (χ3n) is 1.71. The average Bonchev–Trinajstić information content (AvgIpc) is 2.12. The fourth-order valence-corrected chi connectivity index (χ4v) is 0.771. The lowest BCUT2D eigenvalue weighted by Crippen LogP contribution is -2.39. The predicted octanol–water partition coefficient (Wildman–Crippen LogP) is 0.00590. The maximum atomic E-state index is 11.5. The number of carbonyl (C=O) groups is 2. The van der Waals surface area contributed by atoms with Crippen LogP contribution in [-0.4, -0.2) is 49.6 Å². The molecule has 0 atom stereocenters.